The van der Waals surface area contributed by atoms with Crippen LogP contribution in [0.4, 0.5) is 11.4 Å². The molecule has 1 aliphatic rings. The Morgan fingerprint density at radius 3 is 2.39 bits per heavy atom. The van der Waals surface area contributed by atoms with Crippen LogP contribution in [0, 0.1) is 23.0 Å². The third-order valence-electron chi connectivity index (χ3n) is 5.00. The van der Waals surface area contributed by atoms with E-state index in [2.05, 4.69) is 5.32 Å². The van der Waals surface area contributed by atoms with Gasteiger partial charge in [0.25, 0.3) is 11.6 Å². The maximum Gasteiger partial charge on any atom is 0.274 e. The number of hydrogen-bond donors (Lipinski definition) is 1. The summed E-state index contributed by atoms with van der Waals surface area (Å²) < 4.78 is 0. The third-order valence-corrected chi connectivity index (χ3v) is 5.26. The van der Waals surface area contributed by atoms with Gasteiger partial charge in [0.05, 0.1) is 16.2 Å². The molecule has 1 aliphatic heterocycles. The molecule has 1 fully saturated rings. The van der Waals surface area contributed by atoms with Crippen LogP contribution in [0.15, 0.2) is 42.5 Å². The molecule has 146 valence electrons. The predicted molar refractivity (Wildman–Crippen MR) is 107 cm³/mol. The first kappa shape index (κ1) is 19.8. The number of carbonyl (C=O) groups is 2. The highest BCUT2D eigenvalue weighted by Crippen LogP contribution is 2.27. The summed E-state index contributed by atoms with van der Waals surface area (Å²) in [5.74, 6) is -0.500. The number of nitrogens with zero attached hydrogens (tertiary/aromatic N) is 2. The van der Waals surface area contributed by atoms with E-state index in [0.717, 1.165) is 0 Å². The first-order valence-corrected chi connectivity index (χ1v) is 9.34. The molecule has 0 saturated carbocycles. The number of amides is 2. The number of nitrogens with one attached hydrogen (secondary N) is 1. The quantitative estimate of drug-likeness (QED) is 0.617. The van der Waals surface area contributed by atoms with Crippen LogP contribution >= 0.6 is 11.6 Å². The number of carbonyl (C=O) groups excluding carboxylic acids is 2. The number of piperidine rings is 1. The minimum absolute atomic E-state index is 0.0267. The Morgan fingerprint density at radius 1 is 1.14 bits per heavy atom. The van der Waals surface area contributed by atoms with Crippen molar-refractivity contribution in [2.45, 2.75) is 19.8 Å². The lowest BCUT2D eigenvalue weighted by molar-refractivity contribution is -0.385. The van der Waals surface area contributed by atoms with E-state index in [9.17, 15) is 19.7 Å². The minimum atomic E-state index is -0.466. The molecule has 7 nitrogen and oxygen atoms in total. The maximum atomic E-state index is 12.6. The zero-order valence-corrected chi connectivity index (χ0v) is 16.1. The molecule has 0 unspecified atom stereocenters. The maximum absolute atomic E-state index is 12.6. The first-order chi connectivity index (χ1) is 13.4. The second-order valence-corrected chi connectivity index (χ2v) is 7.21. The lowest BCUT2D eigenvalue weighted by Crippen LogP contribution is -2.41. The molecule has 0 bridgehead atoms. The van der Waals surface area contributed by atoms with Gasteiger partial charge in [0.2, 0.25) is 5.91 Å². The van der Waals surface area contributed by atoms with E-state index in [1.807, 2.05) is 0 Å². The highest BCUT2D eigenvalue weighted by molar-refractivity contribution is 6.30. The molecule has 0 aliphatic carbocycles. The first-order valence-electron chi connectivity index (χ1n) is 8.96. The molecule has 0 radical (unpaired) electrons. The summed E-state index contributed by atoms with van der Waals surface area (Å²) in [5, 5.41) is 14.4. The average molecular weight is 402 g/mol. The van der Waals surface area contributed by atoms with E-state index in [1.165, 1.54) is 6.07 Å². The van der Waals surface area contributed by atoms with Gasteiger partial charge in [-0.2, -0.15) is 0 Å². The van der Waals surface area contributed by atoms with Gasteiger partial charge in [-0.25, -0.2) is 0 Å². The summed E-state index contributed by atoms with van der Waals surface area (Å²) >= 11 is 5.85. The summed E-state index contributed by atoms with van der Waals surface area (Å²) in [6.07, 6.45) is 1.08. The van der Waals surface area contributed by atoms with Crippen molar-refractivity contribution in [1.29, 1.82) is 0 Å². The Bertz CT molecular complexity index is 906. The molecule has 1 N–H and O–H groups in total. The van der Waals surface area contributed by atoms with E-state index >= 15 is 0 Å². The fraction of sp³-hybridized carbons (Fsp3) is 0.300. The molecule has 1 saturated heterocycles. The van der Waals surface area contributed by atoms with Crippen LogP contribution in [0.25, 0.3) is 0 Å². The summed E-state index contributed by atoms with van der Waals surface area (Å²) in [5.41, 5.74) is 1.41. The Hall–Kier alpha value is -2.93. The zero-order valence-electron chi connectivity index (χ0n) is 15.4. The average Bonchev–Trinajstić information content (AvgIpc) is 2.69. The SMILES string of the molecule is Cc1c(NC(=O)C2CCN(C(=O)c3ccc(Cl)cc3)CC2)cccc1[N+](=O)[O-]. The van der Waals surface area contributed by atoms with Gasteiger partial charge in [0.1, 0.15) is 0 Å². The van der Waals surface area contributed by atoms with Crippen molar-refractivity contribution in [3.8, 4) is 0 Å². The molecule has 3 rings (SSSR count). The fourth-order valence-corrected chi connectivity index (χ4v) is 3.44. The van der Waals surface area contributed by atoms with Crippen molar-refractivity contribution in [1.82, 2.24) is 4.90 Å². The zero-order chi connectivity index (χ0) is 20.3. The number of likely N-dealkylation sites (tertiary alicyclic amines) is 1. The fourth-order valence-electron chi connectivity index (χ4n) is 3.31. The molecule has 2 amide bonds. The molecule has 28 heavy (non-hydrogen) atoms. The van der Waals surface area contributed by atoms with E-state index in [4.69, 9.17) is 11.6 Å². The predicted octanol–water partition coefficient (Wildman–Crippen LogP) is 4.05. The number of nitro groups is 1. The largest absolute Gasteiger partial charge is 0.339 e. The topological polar surface area (TPSA) is 92.6 Å². The molecule has 1 heterocycles. The molecule has 2 aromatic rings. The Labute approximate surface area is 167 Å². The van der Waals surface area contributed by atoms with Gasteiger partial charge in [-0.1, -0.05) is 17.7 Å². The Kier molecular flexibility index (Phi) is 5.94. The monoisotopic (exact) mass is 401 g/mol. The van der Waals surface area contributed by atoms with Crippen molar-refractivity contribution in [2.75, 3.05) is 18.4 Å². The second-order valence-electron chi connectivity index (χ2n) is 6.77. The molecular formula is C20H20ClN3O4. The van der Waals surface area contributed by atoms with Crippen molar-refractivity contribution >= 4 is 34.8 Å². The summed E-state index contributed by atoms with van der Waals surface area (Å²) in [4.78, 5) is 37.4. The molecule has 2 aromatic carbocycles. The van der Waals surface area contributed by atoms with Crippen LogP contribution in [0.1, 0.15) is 28.8 Å². The number of rotatable bonds is 4. The molecule has 0 aromatic heterocycles. The smallest absolute Gasteiger partial charge is 0.274 e. The standard InChI is InChI=1S/C20H20ClN3O4/c1-13-17(3-2-4-18(13)24(27)28)22-19(25)14-9-11-23(12-10-14)20(26)15-5-7-16(21)8-6-15/h2-8,14H,9-12H2,1H3,(H,22,25). The Morgan fingerprint density at radius 2 is 1.79 bits per heavy atom. The third kappa shape index (κ3) is 4.31. The lowest BCUT2D eigenvalue weighted by atomic mass is 9.95. The van der Waals surface area contributed by atoms with Crippen molar-refractivity contribution in [3.63, 3.8) is 0 Å². The minimum Gasteiger partial charge on any atom is -0.339 e. The number of anilines is 1. The van der Waals surface area contributed by atoms with Gasteiger partial charge in [0.15, 0.2) is 0 Å². The molecule has 8 heteroatoms. The highest BCUT2D eigenvalue weighted by Gasteiger charge is 2.28. The highest BCUT2D eigenvalue weighted by atomic mass is 35.5. The van der Waals surface area contributed by atoms with Crippen LogP contribution < -0.4 is 5.32 Å². The Balaban J connectivity index is 1.60. The summed E-state index contributed by atoms with van der Waals surface area (Å²) in [6.45, 7) is 2.57. The van der Waals surface area contributed by atoms with Crippen LogP contribution in [0.2, 0.25) is 5.02 Å². The van der Waals surface area contributed by atoms with E-state index in [-0.39, 0.29) is 23.4 Å². The molecule has 0 atom stereocenters. The van der Waals surface area contributed by atoms with Gasteiger partial charge in [-0.15, -0.1) is 0 Å². The van der Waals surface area contributed by atoms with Crippen LogP contribution in [-0.4, -0.2) is 34.7 Å². The van der Waals surface area contributed by atoms with Crippen molar-refractivity contribution in [3.05, 3.63) is 68.7 Å². The van der Waals surface area contributed by atoms with Crippen molar-refractivity contribution in [2.24, 2.45) is 5.92 Å². The normalized spacial score (nSPS) is 14.6. The number of benzene rings is 2. The summed E-state index contributed by atoms with van der Waals surface area (Å²) in [7, 11) is 0. The lowest BCUT2D eigenvalue weighted by Gasteiger charge is -2.31. The van der Waals surface area contributed by atoms with Gasteiger partial charge in [-0.05, 0) is 50.1 Å². The van der Waals surface area contributed by atoms with Crippen LogP contribution in [-0.2, 0) is 4.79 Å². The van der Waals surface area contributed by atoms with Gasteiger partial charge >= 0.3 is 0 Å². The number of hydrogen-bond acceptors (Lipinski definition) is 4. The van der Waals surface area contributed by atoms with Gasteiger partial charge < -0.3 is 10.2 Å². The van der Waals surface area contributed by atoms with Crippen LogP contribution in [0.5, 0.6) is 0 Å². The summed E-state index contributed by atoms with van der Waals surface area (Å²) in [6, 6.07) is 11.3. The second kappa shape index (κ2) is 8.39. The van der Waals surface area contributed by atoms with Gasteiger partial charge in [0, 0.05) is 35.7 Å². The van der Waals surface area contributed by atoms with E-state index in [0.29, 0.717) is 47.8 Å². The molecule has 0 spiro atoms. The van der Waals surface area contributed by atoms with E-state index < -0.39 is 4.92 Å². The van der Waals surface area contributed by atoms with Gasteiger partial charge in [-0.3, -0.25) is 19.7 Å². The number of halogens is 1. The van der Waals surface area contributed by atoms with Crippen LogP contribution in [0.3, 0.4) is 0 Å². The molecular weight excluding hydrogens is 382 g/mol. The van der Waals surface area contributed by atoms with Crippen molar-refractivity contribution < 1.29 is 14.5 Å². The van der Waals surface area contributed by atoms with E-state index in [1.54, 1.807) is 48.2 Å². The number of nitro benzene ring substituents is 1.